The lowest BCUT2D eigenvalue weighted by molar-refractivity contribution is -0.137. The molecule has 0 bridgehead atoms. The Morgan fingerprint density at radius 1 is 0.667 bits per heavy atom. The van der Waals surface area contributed by atoms with Crippen molar-refractivity contribution < 1.29 is 9.59 Å². The van der Waals surface area contributed by atoms with Crippen LogP contribution in [0, 0.1) is 5.92 Å². The van der Waals surface area contributed by atoms with Crippen LogP contribution >= 0.6 is 0 Å². The summed E-state index contributed by atoms with van der Waals surface area (Å²) in [5, 5.41) is 0. The zero-order chi connectivity index (χ0) is 28.5. The summed E-state index contributed by atoms with van der Waals surface area (Å²) in [7, 11) is 0. The zero-order valence-electron chi connectivity index (χ0n) is 23.8. The maximum atomic E-state index is 13.5. The SMILES string of the molecule is O=C(c1ccc(-c2ccccc2)cc1)N1CCc2ncnc(N3CCC(C(=O)N4CCc5ccccc5C4)CC3)c2C1. The smallest absolute Gasteiger partial charge is 0.254 e. The van der Waals surface area contributed by atoms with Crippen LogP contribution in [0.3, 0.4) is 0 Å². The molecule has 3 aliphatic rings. The van der Waals surface area contributed by atoms with Gasteiger partial charge in [0.15, 0.2) is 0 Å². The van der Waals surface area contributed by atoms with Crippen molar-refractivity contribution in [3.05, 3.63) is 113 Å². The molecule has 42 heavy (non-hydrogen) atoms. The molecule has 7 heteroatoms. The van der Waals surface area contributed by atoms with Crippen molar-refractivity contribution in [2.45, 2.75) is 38.8 Å². The van der Waals surface area contributed by atoms with Crippen LogP contribution in [-0.4, -0.2) is 57.8 Å². The normalized spacial score (nSPS) is 17.0. The number of hydrogen-bond donors (Lipinski definition) is 0. The summed E-state index contributed by atoms with van der Waals surface area (Å²) in [4.78, 5) is 42.5. The minimum atomic E-state index is 0.0301. The summed E-state index contributed by atoms with van der Waals surface area (Å²) in [6, 6.07) is 26.5. The summed E-state index contributed by atoms with van der Waals surface area (Å²) >= 11 is 0. The first-order valence-corrected chi connectivity index (χ1v) is 15.0. The Hall–Kier alpha value is -4.52. The average molecular weight is 558 g/mol. The maximum absolute atomic E-state index is 13.5. The van der Waals surface area contributed by atoms with Crippen molar-refractivity contribution in [1.82, 2.24) is 19.8 Å². The molecule has 7 nitrogen and oxygen atoms in total. The van der Waals surface area contributed by atoms with E-state index in [9.17, 15) is 9.59 Å². The van der Waals surface area contributed by atoms with E-state index < -0.39 is 0 Å². The highest BCUT2D eigenvalue weighted by Crippen LogP contribution is 2.31. The number of piperidine rings is 1. The predicted molar refractivity (Wildman–Crippen MR) is 163 cm³/mol. The van der Waals surface area contributed by atoms with Gasteiger partial charge >= 0.3 is 0 Å². The van der Waals surface area contributed by atoms with Gasteiger partial charge in [-0.15, -0.1) is 0 Å². The third kappa shape index (κ3) is 5.15. The van der Waals surface area contributed by atoms with Gasteiger partial charge in [-0.1, -0.05) is 66.7 Å². The summed E-state index contributed by atoms with van der Waals surface area (Å²) in [6.45, 7) is 4.20. The third-order valence-electron chi connectivity index (χ3n) is 9.09. The minimum Gasteiger partial charge on any atom is -0.356 e. The van der Waals surface area contributed by atoms with Crippen LogP contribution in [0.25, 0.3) is 11.1 Å². The second-order valence-electron chi connectivity index (χ2n) is 11.6. The van der Waals surface area contributed by atoms with E-state index in [1.807, 2.05) is 52.3 Å². The topological polar surface area (TPSA) is 69.6 Å². The molecular weight excluding hydrogens is 522 g/mol. The number of carbonyl (C=O) groups is 2. The highest BCUT2D eigenvalue weighted by Gasteiger charge is 2.33. The van der Waals surface area contributed by atoms with Crippen molar-refractivity contribution in [3.63, 3.8) is 0 Å². The Labute approximate surface area is 246 Å². The number of amides is 2. The number of anilines is 1. The Morgan fingerprint density at radius 3 is 2.14 bits per heavy atom. The third-order valence-corrected chi connectivity index (χ3v) is 9.09. The number of rotatable bonds is 4. The number of carbonyl (C=O) groups excluding carboxylic acids is 2. The van der Waals surface area contributed by atoms with Crippen LogP contribution in [0.5, 0.6) is 0 Å². The molecule has 1 fully saturated rings. The molecule has 1 saturated heterocycles. The van der Waals surface area contributed by atoms with Gasteiger partial charge in [-0.2, -0.15) is 0 Å². The Balaban J connectivity index is 1.01. The molecule has 0 saturated carbocycles. The molecule has 0 spiro atoms. The molecule has 0 unspecified atom stereocenters. The molecule has 3 aliphatic heterocycles. The van der Waals surface area contributed by atoms with E-state index in [4.69, 9.17) is 4.98 Å². The molecule has 3 aromatic carbocycles. The summed E-state index contributed by atoms with van der Waals surface area (Å²) in [5.41, 5.74) is 7.62. The second-order valence-corrected chi connectivity index (χ2v) is 11.6. The van der Waals surface area contributed by atoms with E-state index in [1.165, 1.54) is 11.1 Å². The zero-order valence-corrected chi connectivity index (χ0v) is 23.8. The Kier molecular flexibility index (Phi) is 7.16. The average Bonchev–Trinajstić information content (AvgIpc) is 3.07. The second kappa shape index (κ2) is 11.4. The molecule has 0 N–H and O–H groups in total. The van der Waals surface area contributed by atoms with E-state index in [-0.39, 0.29) is 17.7 Å². The van der Waals surface area contributed by atoms with Crippen LogP contribution in [0.4, 0.5) is 5.82 Å². The van der Waals surface area contributed by atoms with Gasteiger partial charge in [0.1, 0.15) is 12.1 Å². The molecule has 2 amide bonds. The van der Waals surface area contributed by atoms with Gasteiger partial charge in [-0.25, -0.2) is 9.97 Å². The highest BCUT2D eigenvalue weighted by atomic mass is 16.2. The lowest BCUT2D eigenvalue weighted by Gasteiger charge is -2.38. The number of nitrogens with zero attached hydrogens (tertiary/aromatic N) is 5. The Morgan fingerprint density at radius 2 is 1.36 bits per heavy atom. The molecule has 7 rings (SSSR count). The predicted octanol–water partition coefficient (Wildman–Crippen LogP) is 5.14. The van der Waals surface area contributed by atoms with E-state index in [0.717, 1.165) is 67.1 Å². The summed E-state index contributed by atoms with van der Waals surface area (Å²) in [5.74, 6) is 1.27. The number of hydrogen-bond acceptors (Lipinski definition) is 5. The molecule has 0 atom stereocenters. The van der Waals surface area contributed by atoms with E-state index in [0.29, 0.717) is 31.6 Å². The van der Waals surface area contributed by atoms with Gasteiger partial charge in [-0.3, -0.25) is 9.59 Å². The summed E-state index contributed by atoms with van der Waals surface area (Å²) < 4.78 is 0. The Bertz CT molecular complexity index is 1600. The van der Waals surface area contributed by atoms with Crippen molar-refractivity contribution in [3.8, 4) is 11.1 Å². The molecule has 212 valence electrons. The van der Waals surface area contributed by atoms with Gasteiger partial charge in [0.25, 0.3) is 5.91 Å². The van der Waals surface area contributed by atoms with E-state index in [1.54, 1.807) is 6.33 Å². The first-order chi connectivity index (χ1) is 20.6. The van der Waals surface area contributed by atoms with Crippen LogP contribution in [0.15, 0.2) is 85.2 Å². The number of fused-ring (bicyclic) bond motifs is 2. The van der Waals surface area contributed by atoms with Crippen LogP contribution in [-0.2, 0) is 30.7 Å². The lowest BCUT2D eigenvalue weighted by Crippen LogP contribution is -2.45. The van der Waals surface area contributed by atoms with Crippen molar-refractivity contribution in [2.75, 3.05) is 31.1 Å². The quantitative estimate of drug-likeness (QED) is 0.348. The molecule has 0 aliphatic carbocycles. The molecule has 0 radical (unpaired) electrons. The van der Waals surface area contributed by atoms with Crippen molar-refractivity contribution >= 4 is 17.6 Å². The highest BCUT2D eigenvalue weighted by molar-refractivity contribution is 5.95. The maximum Gasteiger partial charge on any atom is 0.254 e. The van der Waals surface area contributed by atoms with Gasteiger partial charge in [-0.05, 0) is 53.6 Å². The van der Waals surface area contributed by atoms with Crippen molar-refractivity contribution in [2.24, 2.45) is 5.92 Å². The lowest BCUT2D eigenvalue weighted by atomic mass is 9.92. The fourth-order valence-electron chi connectivity index (χ4n) is 6.67. The molecular formula is C35H35N5O2. The number of aromatic nitrogens is 2. The van der Waals surface area contributed by atoms with E-state index in [2.05, 4.69) is 46.3 Å². The van der Waals surface area contributed by atoms with Gasteiger partial charge < -0.3 is 14.7 Å². The first kappa shape index (κ1) is 26.4. The van der Waals surface area contributed by atoms with E-state index >= 15 is 0 Å². The summed E-state index contributed by atoms with van der Waals surface area (Å²) in [6.07, 6.45) is 4.92. The van der Waals surface area contributed by atoms with Gasteiger partial charge in [0, 0.05) is 56.2 Å². The molecule has 1 aromatic heterocycles. The monoisotopic (exact) mass is 557 g/mol. The largest absolute Gasteiger partial charge is 0.356 e. The van der Waals surface area contributed by atoms with Crippen LogP contribution in [0.2, 0.25) is 0 Å². The standard InChI is InChI=1S/C35H35N5O2/c41-34(28-12-10-27(11-13-28)25-6-2-1-3-7-25)40-21-17-32-31(23-40)33(37-24-36-32)38-18-15-29(16-19-38)35(42)39-20-14-26-8-4-5-9-30(26)22-39/h1-13,24,29H,14-23H2. The first-order valence-electron chi connectivity index (χ1n) is 15.0. The van der Waals surface area contributed by atoms with Crippen LogP contribution < -0.4 is 4.90 Å². The van der Waals surface area contributed by atoms with Gasteiger partial charge in [0.05, 0.1) is 12.2 Å². The number of benzene rings is 3. The fourth-order valence-corrected chi connectivity index (χ4v) is 6.67. The fraction of sp³-hybridized carbons (Fsp3) is 0.314. The molecule has 4 aromatic rings. The molecule has 4 heterocycles. The van der Waals surface area contributed by atoms with Gasteiger partial charge in [0.2, 0.25) is 5.91 Å². The van der Waals surface area contributed by atoms with Crippen molar-refractivity contribution in [1.29, 1.82) is 0 Å². The minimum absolute atomic E-state index is 0.0301. The van der Waals surface area contributed by atoms with Crippen LogP contribution in [0.1, 0.15) is 45.6 Å².